The summed E-state index contributed by atoms with van der Waals surface area (Å²) in [4.78, 5) is 17.0. The summed E-state index contributed by atoms with van der Waals surface area (Å²) in [6.07, 6.45) is 7.26. The molecule has 6 heteroatoms. The van der Waals surface area contributed by atoms with Crippen LogP contribution in [0.15, 0.2) is 48.9 Å². The molecule has 1 N–H and O–H groups in total. The molecule has 1 aliphatic heterocycles. The van der Waals surface area contributed by atoms with Crippen LogP contribution in [0.25, 0.3) is 0 Å². The summed E-state index contributed by atoms with van der Waals surface area (Å²) in [5.74, 6) is 1.04. The normalized spacial score (nSPS) is 16.4. The second kappa shape index (κ2) is 6.55. The summed E-state index contributed by atoms with van der Waals surface area (Å²) in [5.41, 5.74) is 2.70. The number of rotatable bonds is 4. The zero-order valence-electron chi connectivity index (χ0n) is 14.2. The number of imidazole rings is 1. The fourth-order valence-electron chi connectivity index (χ4n) is 3.33. The molecule has 6 nitrogen and oxygen atoms in total. The van der Waals surface area contributed by atoms with E-state index in [1.54, 1.807) is 6.20 Å². The molecule has 1 atom stereocenters. The molecule has 1 aromatic carbocycles. The number of hydrogen-bond acceptors (Lipinski definition) is 3. The third kappa shape index (κ3) is 3.20. The van der Waals surface area contributed by atoms with Crippen LogP contribution in [0, 0.1) is 6.92 Å². The van der Waals surface area contributed by atoms with Crippen molar-refractivity contribution in [2.24, 2.45) is 0 Å². The molecule has 4 rings (SSSR count). The van der Waals surface area contributed by atoms with E-state index < -0.39 is 0 Å². The van der Waals surface area contributed by atoms with Crippen molar-refractivity contribution in [3.05, 3.63) is 71.6 Å². The van der Waals surface area contributed by atoms with Gasteiger partial charge < -0.3 is 9.88 Å². The van der Waals surface area contributed by atoms with Crippen molar-refractivity contribution in [1.82, 2.24) is 24.6 Å². The van der Waals surface area contributed by atoms with Crippen LogP contribution in [0.3, 0.4) is 0 Å². The standard InChI is InChI=1S/C19H21N5O/c1-14-17(11-21-24(14)12-15-5-3-2-4-6-15)19(25)22-16-7-8-18-20-9-10-23(18)13-16/h2-6,9-11,16H,7-8,12-13H2,1H3,(H,22,25)/t16-/m1/s1. The smallest absolute Gasteiger partial charge is 0.255 e. The zero-order chi connectivity index (χ0) is 17.2. The Hall–Kier alpha value is -2.89. The first-order valence-corrected chi connectivity index (χ1v) is 8.58. The molecule has 0 unspecified atom stereocenters. The minimum Gasteiger partial charge on any atom is -0.347 e. The van der Waals surface area contributed by atoms with Gasteiger partial charge in [-0.05, 0) is 18.9 Å². The van der Waals surface area contributed by atoms with Gasteiger partial charge >= 0.3 is 0 Å². The highest BCUT2D eigenvalue weighted by Crippen LogP contribution is 2.15. The number of aromatic nitrogens is 4. The summed E-state index contributed by atoms with van der Waals surface area (Å²) < 4.78 is 3.99. The summed E-state index contributed by atoms with van der Waals surface area (Å²) in [7, 11) is 0. The van der Waals surface area contributed by atoms with E-state index >= 15 is 0 Å². The number of aryl methyl sites for hydroxylation is 1. The Kier molecular flexibility index (Phi) is 4.09. The molecule has 0 saturated heterocycles. The van der Waals surface area contributed by atoms with Crippen molar-refractivity contribution in [2.75, 3.05) is 0 Å². The monoisotopic (exact) mass is 335 g/mol. The van der Waals surface area contributed by atoms with Gasteiger partial charge in [0.15, 0.2) is 0 Å². The highest BCUT2D eigenvalue weighted by molar-refractivity contribution is 5.95. The number of carbonyl (C=O) groups is 1. The Morgan fingerprint density at radius 1 is 1.32 bits per heavy atom. The Morgan fingerprint density at radius 2 is 2.16 bits per heavy atom. The minimum absolute atomic E-state index is 0.0506. The van der Waals surface area contributed by atoms with Gasteiger partial charge in [-0.2, -0.15) is 5.10 Å². The zero-order valence-corrected chi connectivity index (χ0v) is 14.2. The highest BCUT2D eigenvalue weighted by atomic mass is 16.1. The van der Waals surface area contributed by atoms with Gasteiger partial charge in [0.2, 0.25) is 0 Å². The van der Waals surface area contributed by atoms with E-state index in [1.165, 1.54) is 5.56 Å². The van der Waals surface area contributed by atoms with Gasteiger partial charge in [0.25, 0.3) is 5.91 Å². The van der Waals surface area contributed by atoms with E-state index in [0.29, 0.717) is 12.1 Å². The first kappa shape index (κ1) is 15.6. The Bertz CT molecular complexity index is 880. The van der Waals surface area contributed by atoms with Gasteiger partial charge in [-0.15, -0.1) is 0 Å². The predicted molar refractivity (Wildman–Crippen MR) is 94.3 cm³/mol. The fourth-order valence-corrected chi connectivity index (χ4v) is 3.33. The van der Waals surface area contributed by atoms with E-state index in [0.717, 1.165) is 30.9 Å². The number of carbonyl (C=O) groups excluding carboxylic acids is 1. The topological polar surface area (TPSA) is 64.7 Å². The largest absolute Gasteiger partial charge is 0.347 e. The maximum Gasteiger partial charge on any atom is 0.255 e. The summed E-state index contributed by atoms with van der Waals surface area (Å²) >= 11 is 0. The van der Waals surface area contributed by atoms with E-state index in [-0.39, 0.29) is 11.9 Å². The highest BCUT2D eigenvalue weighted by Gasteiger charge is 2.22. The van der Waals surface area contributed by atoms with Gasteiger partial charge in [-0.3, -0.25) is 9.48 Å². The Labute approximate surface area is 146 Å². The maximum absolute atomic E-state index is 12.7. The summed E-state index contributed by atoms with van der Waals surface area (Å²) in [6, 6.07) is 10.3. The second-order valence-corrected chi connectivity index (χ2v) is 6.49. The number of fused-ring (bicyclic) bond motifs is 1. The van der Waals surface area contributed by atoms with Crippen LogP contribution < -0.4 is 5.32 Å². The molecule has 3 aromatic rings. The van der Waals surface area contributed by atoms with Crippen molar-refractivity contribution in [1.29, 1.82) is 0 Å². The molecule has 0 spiro atoms. The van der Waals surface area contributed by atoms with Crippen LogP contribution in [0.4, 0.5) is 0 Å². The molecule has 25 heavy (non-hydrogen) atoms. The third-order valence-corrected chi connectivity index (χ3v) is 4.79. The molecular formula is C19H21N5O. The average Bonchev–Trinajstić information content (AvgIpc) is 3.23. The lowest BCUT2D eigenvalue weighted by Gasteiger charge is -2.24. The molecule has 0 fully saturated rings. The van der Waals surface area contributed by atoms with Crippen LogP contribution >= 0.6 is 0 Å². The van der Waals surface area contributed by atoms with Gasteiger partial charge in [0, 0.05) is 37.1 Å². The SMILES string of the molecule is Cc1c(C(=O)N[C@@H]2CCc3nccn3C2)cnn1Cc1ccccc1. The second-order valence-electron chi connectivity index (χ2n) is 6.49. The number of amides is 1. The lowest BCUT2D eigenvalue weighted by Crippen LogP contribution is -2.41. The first-order valence-electron chi connectivity index (χ1n) is 8.58. The molecule has 0 radical (unpaired) electrons. The van der Waals surface area contributed by atoms with E-state index in [2.05, 4.69) is 32.1 Å². The maximum atomic E-state index is 12.7. The first-order chi connectivity index (χ1) is 12.2. The number of nitrogens with zero attached hydrogens (tertiary/aromatic N) is 4. The summed E-state index contributed by atoms with van der Waals surface area (Å²) in [5, 5.41) is 7.54. The van der Waals surface area contributed by atoms with E-state index in [4.69, 9.17) is 0 Å². The van der Waals surface area contributed by atoms with Crippen LogP contribution in [-0.2, 0) is 19.5 Å². The molecule has 0 saturated carbocycles. The van der Waals surface area contributed by atoms with Crippen molar-refractivity contribution in [3.8, 4) is 0 Å². The minimum atomic E-state index is -0.0506. The van der Waals surface area contributed by atoms with Crippen LogP contribution in [0.2, 0.25) is 0 Å². The Balaban J connectivity index is 1.44. The fraction of sp³-hybridized carbons (Fsp3) is 0.316. The molecular weight excluding hydrogens is 314 g/mol. The van der Waals surface area contributed by atoms with Gasteiger partial charge in [0.1, 0.15) is 5.82 Å². The third-order valence-electron chi connectivity index (χ3n) is 4.79. The molecule has 1 amide bonds. The number of hydrogen-bond donors (Lipinski definition) is 1. The Morgan fingerprint density at radius 3 is 3.00 bits per heavy atom. The quantitative estimate of drug-likeness (QED) is 0.795. The van der Waals surface area contributed by atoms with Crippen molar-refractivity contribution in [3.63, 3.8) is 0 Å². The summed E-state index contributed by atoms with van der Waals surface area (Å²) in [6.45, 7) is 3.39. The van der Waals surface area contributed by atoms with Gasteiger partial charge in [-0.1, -0.05) is 30.3 Å². The van der Waals surface area contributed by atoms with Crippen LogP contribution in [0.5, 0.6) is 0 Å². The molecule has 2 aromatic heterocycles. The van der Waals surface area contributed by atoms with Crippen molar-refractivity contribution < 1.29 is 4.79 Å². The van der Waals surface area contributed by atoms with Crippen LogP contribution in [0.1, 0.15) is 33.9 Å². The lowest BCUT2D eigenvalue weighted by molar-refractivity contribution is 0.0927. The number of benzene rings is 1. The molecule has 3 heterocycles. The van der Waals surface area contributed by atoms with E-state index in [1.807, 2.05) is 42.2 Å². The molecule has 0 aliphatic carbocycles. The molecule has 1 aliphatic rings. The predicted octanol–water partition coefficient (Wildman–Crippen LogP) is 2.18. The average molecular weight is 335 g/mol. The van der Waals surface area contributed by atoms with Crippen molar-refractivity contribution >= 4 is 5.91 Å². The van der Waals surface area contributed by atoms with Crippen LogP contribution in [-0.4, -0.2) is 31.3 Å². The van der Waals surface area contributed by atoms with Gasteiger partial charge in [0.05, 0.1) is 18.3 Å². The molecule has 0 bridgehead atoms. The number of nitrogens with one attached hydrogen (secondary N) is 1. The lowest BCUT2D eigenvalue weighted by atomic mass is 10.1. The van der Waals surface area contributed by atoms with Crippen molar-refractivity contribution in [2.45, 2.75) is 38.9 Å². The molecule has 128 valence electrons. The van der Waals surface area contributed by atoms with Gasteiger partial charge in [-0.25, -0.2) is 4.98 Å². The van der Waals surface area contributed by atoms with E-state index in [9.17, 15) is 4.79 Å².